The Labute approximate surface area is 180 Å². The second-order valence-corrected chi connectivity index (χ2v) is 8.63. The number of hydrogen-bond donors (Lipinski definition) is 0. The Kier molecular flexibility index (Phi) is 9.79. The molecular formula is C21H25ClFO6P. The molecule has 0 amide bonds. The summed E-state index contributed by atoms with van der Waals surface area (Å²) in [5.74, 6) is -1.88. The molecule has 0 aliphatic carbocycles. The minimum atomic E-state index is -3.73. The molecule has 0 fully saturated rings. The summed E-state index contributed by atoms with van der Waals surface area (Å²) in [6.07, 6.45) is 0.335. The van der Waals surface area contributed by atoms with Crippen molar-refractivity contribution in [2.24, 2.45) is 0 Å². The maximum atomic E-state index is 13.2. The Morgan fingerprint density at radius 3 is 2.37 bits per heavy atom. The maximum absolute atomic E-state index is 13.2. The minimum Gasteiger partial charge on any atom is -0.492 e. The lowest BCUT2D eigenvalue weighted by Gasteiger charge is -2.26. The Balaban J connectivity index is 1.99. The Morgan fingerprint density at radius 1 is 1.10 bits per heavy atom. The normalized spacial score (nSPS) is 12.4. The van der Waals surface area contributed by atoms with Crippen molar-refractivity contribution < 1.29 is 32.3 Å². The largest absolute Gasteiger partial charge is 0.492 e. The van der Waals surface area contributed by atoms with E-state index in [0.717, 1.165) is 6.07 Å². The number of halogens is 2. The van der Waals surface area contributed by atoms with Crippen molar-refractivity contribution in [2.45, 2.75) is 32.5 Å². The SMILES string of the molecule is CCOP(=O)(OCC)C(OC(=O)CCCOc1ccc(F)cc1Cl)c1ccccc1. The van der Waals surface area contributed by atoms with Crippen LogP contribution >= 0.6 is 19.2 Å². The summed E-state index contributed by atoms with van der Waals surface area (Å²) in [5.41, 5.74) is 0.519. The van der Waals surface area contributed by atoms with Crippen molar-refractivity contribution in [3.63, 3.8) is 0 Å². The van der Waals surface area contributed by atoms with E-state index in [4.69, 9.17) is 30.1 Å². The molecule has 1 unspecified atom stereocenters. The Morgan fingerprint density at radius 2 is 1.77 bits per heavy atom. The second kappa shape index (κ2) is 12.1. The highest BCUT2D eigenvalue weighted by molar-refractivity contribution is 7.54. The summed E-state index contributed by atoms with van der Waals surface area (Å²) in [6, 6.07) is 12.5. The molecule has 0 spiro atoms. The lowest BCUT2D eigenvalue weighted by molar-refractivity contribution is -0.147. The molecule has 0 saturated heterocycles. The van der Waals surface area contributed by atoms with Gasteiger partial charge < -0.3 is 18.5 Å². The first-order valence-electron chi connectivity index (χ1n) is 9.60. The first-order chi connectivity index (χ1) is 14.4. The van der Waals surface area contributed by atoms with Crippen LogP contribution in [0.3, 0.4) is 0 Å². The zero-order valence-electron chi connectivity index (χ0n) is 16.9. The van der Waals surface area contributed by atoms with Gasteiger partial charge in [0.1, 0.15) is 11.6 Å². The van der Waals surface area contributed by atoms with Gasteiger partial charge in [0.05, 0.1) is 24.8 Å². The van der Waals surface area contributed by atoms with Crippen LogP contribution in [-0.4, -0.2) is 25.8 Å². The Bertz CT molecular complexity index is 854. The van der Waals surface area contributed by atoms with Crippen molar-refractivity contribution >= 4 is 25.2 Å². The zero-order chi connectivity index (χ0) is 22.0. The third-order valence-corrected chi connectivity index (χ3v) is 6.42. The highest BCUT2D eigenvalue weighted by Crippen LogP contribution is 2.61. The topological polar surface area (TPSA) is 71.1 Å². The smallest absolute Gasteiger partial charge is 0.375 e. The fraction of sp³-hybridized carbons (Fsp3) is 0.381. The highest BCUT2D eigenvalue weighted by Gasteiger charge is 2.40. The molecule has 0 bridgehead atoms. The van der Waals surface area contributed by atoms with E-state index in [9.17, 15) is 13.8 Å². The molecule has 9 heteroatoms. The third-order valence-electron chi connectivity index (χ3n) is 3.91. The fourth-order valence-corrected chi connectivity index (χ4v) is 4.71. The average Bonchev–Trinajstić information content (AvgIpc) is 2.71. The molecule has 0 saturated carbocycles. The molecule has 2 aromatic rings. The molecule has 0 aliphatic heterocycles. The molecule has 0 N–H and O–H groups in total. The van der Waals surface area contributed by atoms with Crippen LogP contribution in [0.2, 0.25) is 5.02 Å². The van der Waals surface area contributed by atoms with Crippen molar-refractivity contribution in [1.82, 2.24) is 0 Å². The van der Waals surface area contributed by atoms with Gasteiger partial charge in [0, 0.05) is 12.0 Å². The molecule has 2 aromatic carbocycles. The summed E-state index contributed by atoms with van der Waals surface area (Å²) >= 11 is 5.90. The molecule has 0 aromatic heterocycles. The molecule has 30 heavy (non-hydrogen) atoms. The van der Waals surface area contributed by atoms with E-state index < -0.39 is 25.2 Å². The fourth-order valence-electron chi connectivity index (χ4n) is 2.64. The van der Waals surface area contributed by atoms with E-state index in [1.54, 1.807) is 44.2 Å². The van der Waals surface area contributed by atoms with E-state index in [1.807, 2.05) is 0 Å². The number of benzene rings is 2. The first-order valence-corrected chi connectivity index (χ1v) is 11.6. The van der Waals surface area contributed by atoms with Crippen LogP contribution < -0.4 is 4.74 Å². The van der Waals surface area contributed by atoms with Gasteiger partial charge in [0.15, 0.2) is 0 Å². The van der Waals surface area contributed by atoms with Gasteiger partial charge in [-0.05, 0) is 38.5 Å². The number of rotatable bonds is 12. The van der Waals surface area contributed by atoms with Gasteiger partial charge >= 0.3 is 13.6 Å². The Hall–Kier alpha value is -1.92. The molecule has 2 rings (SSSR count). The molecular weight excluding hydrogens is 434 g/mol. The van der Waals surface area contributed by atoms with Crippen molar-refractivity contribution in [1.29, 1.82) is 0 Å². The number of carbonyl (C=O) groups is 1. The van der Waals surface area contributed by atoms with Gasteiger partial charge in [0.25, 0.3) is 0 Å². The number of carbonyl (C=O) groups excluding carboxylic acids is 1. The van der Waals surface area contributed by atoms with Gasteiger partial charge in [-0.25, -0.2) is 4.39 Å². The van der Waals surface area contributed by atoms with Crippen LogP contribution in [0.5, 0.6) is 5.75 Å². The van der Waals surface area contributed by atoms with E-state index in [2.05, 4.69) is 0 Å². The predicted octanol–water partition coefficient (Wildman–Crippen LogP) is 6.15. The van der Waals surface area contributed by atoms with Crippen molar-refractivity contribution in [2.75, 3.05) is 19.8 Å². The first kappa shape index (κ1) is 24.4. The highest BCUT2D eigenvalue weighted by atomic mass is 35.5. The number of hydrogen-bond acceptors (Lipinski definition) is 6. The van der Waals surface area contributed by atoms with E-state index in [0.29, 0.717) is 17.7 Å². The molecule has 0 radical (unpaired) electrons. The molecule has 6 nitrogen and oxygen atoms in total. The minimum absolute atomic E-state index is 0.0143. The summed E-state index contributed by atoms with van der Waals surface area (Å²) in [5, 5.41) is 0.149. The molecule has 1 atom stereocenters. The molecule has 164 valence electrons. The average molecular weight is 459 g/mol. The van der Waals surface area contributed by atoms with Crippen LogP contribution in [0.25, 0.3) is 0 Å². The van der Waals surface area contributed by atoms with Crippen molar-refractivity contribution in [3.8, 4) is 5.75 Å². The predicted molar refractivity (Wildman–Crippen MR) is 112 cm³/mol. The summed E-state index contributed by atoms with van der Waals surface area (Å²) in [6.45, 7) is 3.83. The van der Waals surface area contributed by atoms with Crippen LogP contribution in [0.1, 0.15) is 38.1 Å². The lowest BCUT2D eigenvalue weighted by atomic mass is 10.2. The van der Waals surface area contributed by atoms with Gasteiger partial charge in [-0.3, -0.25) is 9.36 Å². The quantitative estimate of drug-likeness (QED) is 0.216. The van der Waals surface area contributed by atoms with E-state index >= 15 is 0 Å². The van der Waals surface area contributed by atoms with E-state index in [-0.39, 0.29) is 31.3 Å². The summed E-state index contributed by atoms with van der Waals surface area (Å²) in [7, 11) is -3.73. The van der Waals surface area contributed by atoms with Gasteiger partial charge in [-0.1, -0.05) is 41.9 Å². The summed E-state index contributed by atoms with van der Waals surface area (Å²) < 4.78 is 48.0. The third kappa shape index (κ3) is 7.10. The molecule has 0 aliphatic rings. The summed E-state index contributed by atoms with van der Waals surface area (Å²) in [4.78, 5) is 12.4. The lowest BCUT2D eigenvalue weighted by Crippen LogP contribution is -2.15. The van der Waals surface area contributed by atoms with Gasteiger partial charge in [0.2, 0.25) is 5.85 Å². The molecule has 0 heterocycles. The van der Waals surface area contributed by atoms with E-state index in [1.165, 1.54) is 12.1 Å². The van der Waals surface area contributed by atoms with Gasteiger partial charge in [-0.15, -0.1) is 0 Å². The van der Waals surface area contributed by atoms with Crippen LogP contribution in [0.4, 0.5) is 4.39 Å². The zero-order valence-corrected chi connectivity index (χ0v) is 18.5. The number of esters is 1. The second-order valence-electron chi connectivity index (χ2n) is 6.16. The van der Waals surface area contributed by atoms with Crippen molar-refractivity contribution in [3.05, 3.63) is 64.9 Å². The van der Waals surface area contributed by atoms with Crippen LogP contribution in [0.15, 0.2) is 48.5 Å². The number of ether oxygens (including phenoxy) is 2. The van der Waals surface area contributed by atoms with Crippen LogP contribution in [0, 0.1) is 5.82 Å². The standard InChI is InChI=1S/C21H25ClFO6P/c1-3-27-30(25,28-4-2)21(16-9-6-5-7-10-16)29-20(24)11-8-14-26-19-13-12-17(23)15-18(19)22/h5-7,9-10,12-13,15,21H,3-4,8,11,14H2,1-2H3. The van der Waals surface area contributed by atoms with Gasteiger partial charge in [-0.2, -0.15) is 0 Å². The van der Waals surface area contributed by atoms with Crippen LogP contribution in [-0.2, 0) is 23.1 Å². The maximum Gasteiger partial charge on any atom is 0.375 e. The monoisotopic (exact) mass is 458 g/mol.